The maximum absolute atomic E-state index is 3.28. The summed E-state index contributed by atoms with van der Waals surface area (Å²) in [4.78, 5) is 0. The van der Waals surface area contributed by atoms with Crippen molar-refractivity contribution in [3.63, 3.8) is 0 Å². The van der Waals surface area contributed by atoms with Gasteiger partial charge in [0, 0.05) is 6.04 Å². The van der Waals surface area contributed by atoms with Gasteiger partial charge in [-0.15, -0.1) is 0 Å². The van der Waals surface area contributed by atoms with E-state index in [2.05, 4.69) is 43.4 Å². The number of benzene rings is 1. The number of rotatable bonds is 8. The molecule has 1 aromatic carbocycles. The maximum Gasteiger partial charge on any atom is 0.00761 e. The van der Waals surface area contributed by atoms with E-state index in [9.17, 15) is 0 Å². The lowest BCUT2D eigenvalue weighted by atomic mass is 10.0. The summed E-state index contributed by atoms with van der Waals surface area (Å²) in [5, 5.41) is 3.28. The van der Waals surface area contributed by atoms with Gasteiger partial charge in [-0.25, -0.2) is 0 Å². The standard InChI is InChI=1S/C16H27N/c1-4-5-6-7-8-15-9-11-16(12-10-15)13-14(2)17-3/h9-12,14,17H,4-8,13H2,1-3H3. The molecule has 0 saturated heterocycles. The van der Waals surface area contributed by atoms with Gasteiger partial charge in [-0.3, -0.25) is 0 Å². The lowest BCUT2D eigenvalue weighted by molar-refractivity contribution is 0.608. The summed E-state index contributed by atoms with van der Waals surface area (Å²) in [6.45, 7) is 4.48. The van der Waals surface area contributed by atoms with E-state index < -0.39 is 0 Å². The van der Waals surface area contributed by atoms with Crippen LogP contribution in [0.2, 0.25) is 0 Å². The van der Waals surface area contributed by atoms with Gasteiger partial charge in [-0.05, 0) is 44.4 Å². The van der Waals surface area contributed by atoms with Gasteiger partial charge in [-0.2, -0.15) is 0 Å². The van der Waals surface area contributed by atoms with Crippen LogP contribution < -0.4 is 5.32 Å². The van der Waals surface area contributed by atoms with E-state index in [4.69, 9.17) is 0 Å². The molecule has 0 heterocycles. The molecule has 1 unspecified atom stereocenters. The van der Waals surface area contributed by atoms with E-state index in [1.54, 1.807) is 0 Å². The Morgan fingerprint density at radius 2 is 1.65 bits per heavy atom. The van der Waals surface area contributed by atoms with Crippen LogP contribution >= 0.6 is 0 Å². The average molecular weight is 233 g/mol. The van der Waals surface area contributed by atoms with E-state index in [1.807, 2.05) is 7.05 Å². The molecule has 1 rings (SSSR count). The van der Waals surface area contributed by atoms with Crippen molar-refractivity contribution in [1.29, 1.82) is 0 Å². The van der Waals surface area contributed by atoms with Gasteiger partial charge in [0.1, 0.15) is 0 Å². The minimum Gasteiger partial charge on any atom is -0.317 e. The Hall–Kier alpha value is -0.820. The van der Waals surface area contributed by atoms with Crippen molar-refractivity contribution in [1.82, 2.24) is 5.32 Å². The van der Waals surface area contributed by atoms with Gasteiger partial charge in [0.25, 0.3) is 0 Å². The Balaban J connectivity index is 2.34. The van der Waals surface area contributed by atoms with Crippen molar-refractivity contribution in [2.45, 2.75) is 58.4 Å². The SMILES string of the molecule is CCCCCCc1ccc(CC(C)NC)cc1. The Labute approximate surface area is 107 Å². The lowest BCUT2D eigenvalue weighted by Crippen LogP contribution is -2.23. The van der Waals surface area contributed by atoms with Crippen molar-refractivity contribution < 1.29 is 0 Å². The first-order valence-electron chi connectivity index (χ1n) is 7.01. The Morgan fingerprint density at radius 3 is 2.24 bits per heavy atom. The molecule has 0 aliphatic heterocycles. The number of hydrogen-bond acceptors (Lipinski definition) is 1. The van der Waals surface area contributed by atoms with E-state index in [0.29, 0.717) is 6.04 Å². The number of aryl methyl sites for hydroxylation is 1. The monoisotopic (exact) mass is 233 g/mol. The molecule has 96 valence electrons. The van der Waals surface area contributed by atoms with Gasteiger partial charge in [0.2, 0.25) is 0 Å². The first-order valence-corrected chi connectivity index (χ1v) is 7.01. The fourth-order valence-corrected chi connectivity index (χ4v) is 2.05. The van der Waals surface area contributed by atoms with Crippen LogP contribution in [0.5, 0.6) is 0 Å². The van der Waals surface area contributed by atoms with Gasteiger partial charge < -0.3 is 5.32 Å². The second-order valence-corrected chi connectivity index (χ2v) is 5.02. The summed E-state index contributed by atoms with van der Waals surface area (Å²) < 4.78 is 0. The first kappa shape index (κ1) is 14.2. The third kappa shape index (κ3) is 5.88. The Bertz CT molecular complexity index is 289. The topological polar surface area (TPSA) is 12.0 Å². The molecule has 0 amide bonds. The summed E-state index contributed by atoms with van der Waals surface area (Å²) in [6.07, 6.45) is 7.75. The van der Waals surface area contributed by atoms with E-state index >= 15 is 0 Å². The molecule has 0 aliphatic carbocycles. The smallest absolute Gasteiger partial charge is 0.00761 e. The van der Waals surface area contributed by atoms with Crippen molar-refractivity contribution in [2.75, 3.05) is 7.05 Å². The zero-order valence-corrected chi connectivity index (χ0v) is 11.6. The van der Waals surface area contributed by atoms with Crippen molar-refractivity contribution in [3.05, 3.63) is 35.4 Å². The van der Waals surface area contributed by atoms with E-state index in [-0.39, 0.29) is 0 Å². The molecule has 1 nitrogen and oxygen atoms in total. The van der Waals surface area contributed by atoms with Gasteiger partial charge >= 0.3 is 0 Å². The maximum atomic E-state index is 3.28. The first-order chi connectivity index (χ1) is 8.26. The average Bonchev–Trinajstić information content (AvgIpc) is 2.36. The molecule has 1 aromatic rings. The highest BCUT2D eigenvalue weighted by molar-refractivity contribution is 5.23. The van der Waals surface area contributed by atoms with Crippen molar-refractivity contribution in [2.24, 2.45) is 0 Å². The molecule has 0 saturated carbocycles. The van der Waals surface area contributed by atoms with Gasteiger partial charge in [-0.1, -0.05) is 50.5 Å². The number of nitrogens with one attached hydrogen (secondary N) is 1. The summed E-state index contributed by atoms with van der Waals surface area (Å²) in [7, 11) is 2.02. The number of unbranched alkanes of at least 4 members (excludes halogenated alkanes) is 3. The highest BCUT2D eigenvalue weighted by Crippen LogP contribution is 2.11. The lowest BCUT2D eigenvalue weighted by Gasteiger charge is -2.10. The normalized spacial score (nSPS) is 12.6. The van der Waals surface area contributed by atoms with Crippen LogP contribution in [-0.2, 0) is 12.8 Å². The molecule has 0 aromatic heterocycles. The molecular weight excluding hydrogens is 206 g/mol. The quantitative estimate of drug-likeness (QED) is 0.670. The zero-order valence-electron chi connectivity index (χ0n) is 11.6. The third-order valence-electron chi connectivity index (χ3n) is 3.38. The minimum absolute atomic E-state index is 0.561. The molecule has 1 N–H and O–H groups in total. The second-order valence-electron chi connectivity index (χ2n) is 5.02. The predicted octanol–water partition coefficient (Wildman–Crippen LogP) is 3.96. The third-order valence-corrected chi connectivity index (χ3v) is 3.38. The van der Waals surface area contributed by atoms with Crippen LogP contribution in [0.3, 0.4) is 0 Å². The largest absolute Gasteiger partial charge is 0.317 e. The Morgan fingerprint density at radius 1 is 1.00 bits per heavy atom. The number of hydrogen-bond donors (Lipinski definition) is 1. The fourth-order valence-electron chi connectivity index (χ4n) is 2.05. The fraction of sp³-hybridized carbons (Fsp3) is 0.625. The number of likely N-dealkylation sites (N-methyl/N-ethyl adjacent to an activating group) is 1. The highest BCUT2D eigenvalue weighted by atomic mass is 14.8. The molecule has 17 heavy (non-hydrogen) atoms. The summed E-state index contributed by atoms with van der Waals surface area (Å²) in [6, 6.07) is 9.71. The van der Waals surface area contributed by atoms with Crippen LogP contribution in [0.25, 0.3) is 0 Å². The van der Waals surface area contributed by atoms with Crippen LogP contribution in [0.15, 0.2) is 24.3 Å². The molecule has 0 aliphatic rings. The zero-order chi connectivity index (χ0) is 12.5. The molecule has 0 fully saturated rings. The van der Waals surface area contributed by atoms with Crippen LogP contribution in [0.1, 0.15) is 50.7 Å². The minimum atomic E-state index is 0.561. The van der Waals surface area contributed by atoms with E-state index in [1.165, 1.54) is 43.2 Å². The highest BCUT2D eigenvalue weighted by Gasteiger charge is 2.00. The second kappa shape index (κ2) is 8.30. The van der Waals surface area contributed by atoms with Crippen molar-refractivity contribution in [3.8, 4) is 0 Å². The molecule has 1 heteroatoms. The Kier molecular flexibility index (Phi) is 6.95. The van der Waals surface area contributed by atoms with Crippen LogP contribution in [-0.4, -0.2) is 13.1 Å². The van der Waals surface area contributed by atoms with Gasteiger partial charge in [0.05, 0.1) is 0 Å². The molecule has 1 atom stereocenters. The molecule has 0 spiro atoms. The van der Waals surface area contributed by atoms with Crippen LogP contribution in [0.4, 0.5) is 0 Å². The summed E-state index contributed by atoms with van der Waals surface area (Å²) in [5.74, 6) is 0. The predicted molar refractivity (Wildman–Crippen MR) is 76.5 cm³/mol. The molecular formula is C16H27N. The van der Waals surface area contributed by atoms with Crippen molar-refractivity contribution >= 4 is 0 Å². The molecule has 0 bridgehead atoms. The van der Waals surface area contributed by atoms with E-state index in [0.717, 1.165) is 6.42 Å². The summed E-state index contributed by atoms with van der Waals surface area (Å²) in [5.41, 5.74) is 2.92. The van der Waals surface area contributed by atoms with Gasteiger partial charge in [0.15, 0.2) is 0 Å². The van der Waals surface area contributed by atoms with Crippen LogP contribution in [0, 0.1) is 0 Å². The summed E-state index contributed by atoms with van der Waals surface area (Å²) >= 11 is 0. The molecule has 0 radical (unpaired) electrons.